The highest BCUT2D eigenvalue weighted by Crippen LogP contribution is 2.26. The van der Waals surface area contributed by atoms with Crippen LogP contribution in [-0.4, -0.2) is 37.8 Å². The summed E-state index contributed by atoms with van der Waals surface area (Å²) in [6.45, 7) is 2.95. The molecule has 4 nitrogen and oxygen atoms in total. The van der Waals surface area contributed by atoms with Gasteiger partial charge in [-0.15, -0.1) is 0 Å². The third-order valence-electron chi connectivity index (χ3n) is 3.00. The quantitative estimate of drug-likeness (QED) is 0.843. The first-order chi connectivity index (χ1) is 7.68. The van der Waals surface area contributed by atoms with Gasteiger partial charge in [-0.05, 0) is 19.4 Å². The first-order valence-electron chi connectivity index (χ1n) is 5.68. The van der Waals surface area contributed by atoms with Crippen molar-refractivity contribution in [3.05, 3.63) is 18.5 Å². The lowest BCUT2D eigenvalue weighted by Crippen LogP contribution is -2.27. The zero-order valence-electron chi connectivity index (χ0n) is 10.1. The maximum absolute atomic E-state index is 5.54. The molecule has 0 amide bonds. The predicted octanol–water partition coefficient (Wildman–Crippen LogP) is 1.74. The Bertz CT molecular complexity index is 354. The minimum atomic E-state index is 0.273. The Morgan fingerprint density at radius 3 is 2.94 bits per heavy atom. The molecule has 1 aliphatic heterocycles. The molecule has 1 aromatic heterocycles. The van der Waals surface area contributed by atoms with Crippen molar-refractivity contribution in [3.63, 3.8) is 0 Å². The van der Waals surface area contributed by atoms with Crippen LogP contribution in [0.5, 0.6) is 0 Å². The molecule has 0 radical (unpaired) electrons. The van der Waals surface area contributed by atoms with E-state index < -0.39 is 0 Å². The highest BCUT2D eigenvalue weighted by molar-refractivity contribution is 5.68. The maximum atomic E-state index is 5.54. The number of rotatable bonds is 3. The largest absolute Gasteiger partial charge is 0.377 e. The van der Waals surface area contributed by atoms with Crippen molar-refractivity contribution >= 4 is 11.4 Å². The topological polar surface area (TPSA) is 37.4 Å². The molecule has 16 heavy (non-hydrogen) atoms. The third-order valence-corrected chi connectivity index (χ3v) is 3.00. The molecule has 1 aliphatic rings. The number of pyridine rings is 1. The van der Waals surface area contributed by atoms with E-state index in [4.69, 9.17) is 4.74 Å². The van der Waals surface area contributed by atoms with Gasteiger partial charge in [0.25, 0.3) is 0 Å². The standard InChI is InChI=1S/C12H19N3O/c1-9-10(5-7-16-9)14-11-8-13-6-4-12(11)15(2)3/h4,6,8-10,14H,5,7H2,1-3H3. The van der Waals surface area contributed by atoms with Gasteiger partial charge in [0.2, 0.25) is 0 Å². The van der Waals surface area contributed by atoms with Crippen LogP contribution in [0.4, 0.5) is 11.4 Å². The van der Waals surface area contributed by atoms with E-state index in [1.807, 2.05) is 32.6 Å². The number of aromatic nitrogens is 1. The monoisotopic (exact) mass is 221 g/mol. The van der Waals surface area contributed by atoms with Crippen molar-refractivity contribution in [1.82, 2.24) is 4.98 Å². The first kappa shape index (κ1) is 11.2. The Kier molecular flexibility index (Phi) is 3.29. The van der Waals surface area contributed by atoms with E-state index >= 15 is 0 Å². The summed E-state index contributed by atoms with van der Waals surface area (Å²) >= 11 is 0. The summed E-state index contributed by atoms with van der Waals surface area (Å²) in [5.74, 6) is 0. The lowest BCUT2D eigenvalue weighted by molar-refractivity contribution is 0.121. The van der Waals surface area contributed by atoms with Crippen LogP contribution in [-0.2, 0) is 4.74 Å². The molecule has 2 rings (SSSR count). The Labute approximate surface area is 96.6 Å². The second-order valence-corrected chi connectivity index (χ2v) is 4.40. The molecule has 88 valence electrons. The van der Waals surface area contributed by atoms with Gasteiger partial charge in [-0.1, -0.05) is 0 Å². The molecule has 4 heteroatoms. The maximum Gasteiger partial charge on any atom is 0.0767 e. The Morgan fingerprint density at radius 2 is 2.31 bits per heavy atom. The summed E-state index contributed by atoms with van der Waals surface area (Å²) in [5, 5.41) is 3.51. The van der Waals surface area contributed by atoms with Crippen LogP contribution in [0.1, 0.15) is 13.3 Å². The number of hydrogen-bond acceptors (Lipinski definition) is 4. The van der Waals surface area contributed by atoms with E-state index in [1.54, 1.807) is 0 Å². The molecule has 0 aromatic carbocycles. The number of nitrogens with one attached hydrogen (secondary N) is 1. The van der Waals surface area contributed by atoms with Crippen molar-refractivity contribution in [1.29, 1.82) is 0 Å². The summed E-state index contributed by atoms with van der Waals surface area (Å²) in [5.41, 5.74) is 2.24. The lowest BCUT2D eigenvalue weighted by atomic mass is 10.1. The van der Waals surface area contributed by atoms with Crippen LogP contribution in [0.3, 0.4) is 0 Å². The van der Waals surface area contributed by atoms with Gasteiger partial charge < -0.3 is 15.0 Å². The molecular formula is C12H19N3O. The SMILES string of the molecule is CC1OCCC1Nc1cnccc1N(C)C. The van der Waals surface area contributed by atoms with Crippen LogP contribution >= 0.6 is 0 Å². The average Bonchev–Trinajstić information content (AvgIpc) is 2.65. The van der Waals surface area contributed by atoms with Crippen molar-refractivity contribution in [2.24, 2.45) is 0 Å². The number of nitrogens with zero attached hydrogens (tertiary/aromatic N) is 2. The summed E-state index contributed by atoms with van der Waals surface area (Å²) in [6.07, 6.45) is 5.02. The summed E-state index contributed by atoms with van der Waals surface area (Å²) < 4.78 is 5.54. The van der Waals surface area contributed by atoms with E-state index in [0.29, 0.717) is 6.04 Å². The fourth-order valence-corrected chi connectivity index (χ4v) is 2.01. The first-order valence-corrected chi connectivity index (χ1v) is 5.68. The van der Waals surface area contributed by atoms with Crippen LogP contribution < -0.4 is 10.2 Å². The minimum Gasteiger partial charge on any atom is -0.377 e. The van der Waals surface area contributed by atoms with Crippen LogP contribution in [0.25, 0.3) is 0 Å². The fourth-order valence-electron chi connectivity index (χ4n) is 2.01. The average molecular weight is 221 g/mol. The molecular weight excluding hydrogens is 202 g/mol. The third kappa shape index (κ3) is 2.27. The van der Waals surface area contributed by atoms with Gasteiger partial charge in [0.1, 0.15) is 0 Å². The second-order valence-electron chi connectivity index (χ2n) is 4.40. The Morgan fingerprint density at radius 1 is 1.50 bits per heavy atom. The van der Waals surface area contributed by atoms with E-state index in [2.05, 4.69) is 22.1 Å². The lowest BCUT2D eigenvalue weighted by Gasteiger charge is -2.22. The number of hydrogen-bond donors (Lipinski definition) is 1. The molecule has 0 spiro atoms. The summed E-state index contributed by atoms with van der Waals surface area (Å²) in [7, 11) is 4.07. The predicted molar refractivity (Wildman–Crippen MR) is 66.0 cm³/mol. The van der Waals surface area contributed by atoms with Crippen molar-refractivity contribution in [2.75, 3.05) is 30.9 Å². The molecule has 0 saturated carbocycles. The van der Waals surface area contributed by atoms with Gasteiger partial charge >= 0.3 is 0 Å². The van der Waals surface area contributed by atoms with Crippen molar-refractivity contribution in [2.45, 2.75) is 25.5 Å². The van der Waals surface area contributed by atoms with Gasteiger partial charge in [-0.25, -0.2) is 0 Å². The molecule has 2 atom stereocenters. The minimum absolute atomic E-state index is 0.273. The number of anilines is 2. The van der Waals surface area contributed by atoms with Gasteiger partial charge in [0.15, 0.2) is 0 Å². The molecule has 1 saturated heterocycles. The van der Waals surface area contributed by atoms with Gasteiger partial charge in [-0.2, -0.15) is 0 Å². The molecule has 1 aromatic rings. The summed E-state index contributed by atoms with van der Waals surface area (Å²) in [6, 6.07) is 2.41. The van der Waals surface area contributed by atoms with Crippen LogP contribution in [0.15, 0.2) is 18.5 Å². The Hall–Kier alpha value is -1.29. The van der Waals surface area contributed by atoms with E-state index in [0.717, 1.165) is 24.4 Å². The highest BCUT2D eigenvalue weighted by atomic mass is 16.5. The normalized spacial score (nSPS) is 24.4. The fraction of sp³-hybridized carbons (Fsp3) is 0.583. The van der Waals surface area contributed by atoms with E-state index in [1.165, 1.54) is 0 Å². The molecule has 1 N–H and O–H groups in total. The van der Waals surface area contributed by atoms with Crippen LogP contribution in [0.2, 0.25) is 0 Å². The molecule has 2 heterocycles. The van der Waals surface area contributed by atoms with E-state index in [-0.39, 0.29) is 6.10 Å². The van der Waals surface area contributed by atoms with Crippen molar-refractivity contribution in [3.8, 4) is 0 Å². The number of ether oxygens (including phenoxy) is 1. The molecule has 0 aliphatic carbocycles. The zero-order chi connectivity index (χ0) is 11.5. The van der Waals surface area contributed by atoms with Crippen LogP contribution in [0, 0.1) is 0 Å². The van der Waals surface area contributed by atoms with Gasteiger partial charge in [0.05, 0.1) is 29.7 Å². The van der Waals surface area contributed by atoms with Gasteiger partial charge in [0, 0.05) is 26.9 Å². The molecule has 0 bridgehead atoms. The molecule has 2 unspecified atom stereocenters. The molecule has 1 fully saturated rings. The zero-order valence-corrected chi connectivity index (χ0v) is 10.1. The highest BCUT2D eigenvalue weighted by Gasteiger charge is 2.24. The Balaban J connectivity index is 2.14. The van der Waals surface area contributed by atoms with E-state index in [9.17, 15) is 0 Å². The van der Waals surface area contributed by atoms with Crippen molar-refractivity contribution < 1.29 is 4.74 Å². The summed E-state index contributed by atoms with van der Waals surface area (Å²) in [4.78, 5) is 6.25. The second kappa shape index (κ2) is 4.70. The van der Waals surface area contributed by atoms with Gasteiger partial charge in [-0.3, -0.25) is 4.98 Å². The smallest absolute Gasteiger partial charge is 0.0767 e.